The summed E-state index contributed by atoms with van der Waals surface area (Å²) in [5.74, 6) is 0.0461. The van der Waals surface area contributed by atoms with Crippen LogP contribution in [0.3, 0.4) is 0 Å². The molecule has 3 saturated heterocycles. The van der Waals surface area contributed by atoms with Gasteiger partial charge in [0, 0.05) is 49.7 Å². The topological polar surface area (TPSA) is 73.0 Å². The molecule has 0 radical (unpaired) electrons. The van der Waals surface area contributed by atoms with Gasteiger partial charge in [-0.1, -0.05) is 0 Å². The van der Waals surface area contributed by atoms with Crippen LogP contribution in [-0.4, -0.2) is 53.3 Å². The first-order valence-corrected chi connectivity index (χ1v) is 13.7. The second kappa shape index (κ2) is 9.62. The second-order valence-electron chi connectivity index (χ2n) is 10.8. The van der Waals surface area contributed by atoms with Crippen LogP contribution in [0.15, 0.2) is 48.7 Å². The molecule has 39 heavy (non-hydrogen) atoms. The van der Waals surface area contributed by atoms with E-state index >= 15 is 4.39 Å². The molecule has 2 atom stereocenters. The standard InChI is InChI=1S/C30H29F2N7/c31-23-15-20(3-4-21(23)17-33)29-36-28-27(38-14-9-19-7-10-34-25(19)18-38)8-11-35-30(28)39(29)26-6-5-22(16-24(26)32)37-12-1-2-13-37/h3-6,8,11,15-16,19,25,34H,1-2,7,9-10,12-14,18H2. The van der Waals surface area contributed by atoms with Gasteiger partial charge in [0.1, 0.15) is 29.0 Å². The first-order valence-electron chi connectivity index (χ1n) is 13.7. The minimum absolute atomic E-state index is 0.0479. The van der Waals surface area contributed by atoms with Crippen LogP contribution < -0.4 is 15.1 Å². The normalized spacial score (nSPS) is 20.9. The van der Waals surface area contributed by atoms with Gasteiger partial charge in [0.15, 0.2) is 5.65 Å². The summed E-state index contributed by atoms with van der Waals surface area (Å²) in [5.41, 5.74) is 3.67. The number of benzene rings is 2. The second-order valence-corrected chi connectivity index (χ2v) is 10.8. The minimum Gasteiger partial charge on any atom is -0.371 e. The lowest BCUT2D eigenvalue weighted by molar-refractivity contribution is 0.374. The predicted molar refractivity (Wildman–Crippen MR) is 147 cm³/mol. The number of rotatable bonds is 4. The van der Waals surface area contributed by atoms with E-state index in [1.807, 2.05) is 18.2 Å². The third-order valence-electron chi connectivity index (χ3n) is 8.53. The molecule has 0 saturated carbocycles. The molecule has 0 bridgehead atoms. The predicted octanol–water partition coefficient (Wildman–Crippen LogP) is 5.03. The Morgan fingerprint density at radius 1 is 0.923 bits per heavy atom. The van der Waals surface area contributed by atoms with Crippen molar-refractivity contribution in [2.24, 2.45) is 5.92 Å². The third-order valence-corrected chi connectivity index (χ3v) is 8.53. The van der Waals surface area contributed by atoms with Crippen LogP contribution in [0.1, 0.15) is 31.2 Å². The van der Waals surface area contributed by atoms with Gasteiger partial charge in [-0.2, -0.15) is 5.26 Å². The fourth-order valence-electron chi connectivity index (χ4n) is 6.48. The Kier molecular flexibility index (Phi) is 5.93. The van der Waals surface area contributed by atoms with Gasteiger partial charge in [-0.3, -0.25) is 4.57 Å². The van der Waals surface area contributed by atoms with E-state index in [2.05, 4.69) is 20.1 Å². The number of aromatic nitrogens is 3. The number of nitrogens with zero attached hydrogens (tertiary/aromatic N) is 6. The molecule has 1 N–H and O–H groups in total. The van der Waals surface area contributed by atoms with E-state index in [0.29, 0.717) is 40.2 Å². The van der Waals surface area contributed by atoms with Gasteiger partial charge in [0.2, 0.25) is 0 Å². The zero-order valence-electron chi connectivity index (χ0n) is 21.6. The molecular formula is C30H29F2N7. The van der Waals surface area contributed by atoms with Crippen molar-refractivity contribution >= 4 is 22.5 Å². The van der Waals surface area contributed by atoms with Crippen molar-refractivity contribution in [3.8, 4) is 23.1 Å². The van der Waals surface area contributed by atoms with E-state index in [9.17, 15) is 9.65 Å². The number of hydrogen-bond acceptors (Lipinski definition) is 6. The van der Waals surface area contributed by atoms with Crippen LogP contribution in [0, 0.1) is 28.9 Å². The Hall–Kier alpha value is -4.03. The van der Waals surface area contributed by atoms with Crippen molar-refractivity contribution < 1.29 is 8.78 Å². The zero-order chi connectivity index (χ0) is 26.5. The number of nitrogens with one attached hydrogen (secondary N) is 1. The van der Waals surface area contributed by atoms with E-state index < -0.39 is 11.6 Å². The summed E-state index contributed by atoms with van der Waals surface area (Å²) in [7, 11) is 0. The number of piperidine rings is 1. The van der Waals surface area contributed by atoms with Crippen LogP contribution in [-0.2, 0) is 0 Å². The maximum Gasteiger partial charge on any atom is 0.167 e. The molecule has 0 aliphatic carbocycles. The highest BCUT2D eigenvalue weighted by molar-refractivity contribution is 5.91. The quantitative estimate of drug-likeness (QED) is 0.403. The molecule has 7 nitrogen and oxygen atoms in total. The smallest absolute Gasteiger partial charge is 0.167 e. The molecule has 0 amide bonds. The summed E-state index contributed by atoms with van der Waals surface area (Å²) in [6.07, 6.45) is 6.25. The highest BCUT2D eigenvalue weighted by Crippen LogP contribution is 2.37. The Morgan fingerprint density at radius 2 is 1.79 bits per heavy atom. The molecule has 2 aromatic carbocycles. The summed E-state index contributed by atoms with van der Waals surface area (Å²) < 4.78 is 32.3. The number of halogens is 2. The Bertz CT molecular complexity index is 1600. The minimum atomic E-state index is -0.638. The molecule has 2 aromatic heterocycles. The van der Waals surface area contributed by atoms with E-state index in [1.54, 1.807) is 29.0 Å². The summed E-state index contributed by atoms with van der Waals surface area (Å²) in [6.45, 7) is 4.66. The van der Waals surface area contributed by atoms with Gasteiger partial charge >= 0.3 is 0 Å². The summed E-state index contributed by atoms with van der Waals surface area (Å²) >= 11 is 0. The van der Waals surface area contributed by atoms with Crippen LogP contribution in [0.4, 0.5) is 20.2 Å². The lowest BCUT2D eigenvalue weighted by atomic mass is 9.92. The van der Waals surface area contributed by atoms with Crippen LogP contribution in [0.2, 0.25) is 0 Å². The first kappa shape index (κ1) is 24.0. The van der Waals surface area contributed by atoms with Crippen molar-refractivity contribution in [2.45, 2.75) is 31.7 Å². The van der Waals surface area contributed by atoms with Crippen LogP contribution >= 0.6 is 0 Å². The molecule has 198 valence electrons. The SMILES string of the molecule is N#Cc1ccc(-c2nc3c(N4CCC5CCNC5C4)ccnc3n2-c2ccc(N3CCCC3)cc2F)cc1F. The van der Waals surface area contributed by atoms with Crippen LogP contribution in [0.25, 0.3) is 28.2 Å². The first-order chi connectivity index (χ1) is 19.1. The van der Waals surface area contributed by atoms with Crippen molar-refractivity contribution in [1.82, 2.24) is 19.9 Å². The molecule has 3 aliphatic heterocycles. The number of pyridine rings is 1. The molecule has 9 heteroatoms. The number of fused-ring (bicyclic) bond motifs is 2. The monoisotopic (exact) mass is 525 g/mol. The Labute approximate surface area is 225 Å². The van der Waals surface area contributed by atoms with Gasteiger partial charge < -0.3 is 15.1 Å². The number of hydrogen-bond donors (Lipinski definition) is 1. The maximum absolute atomic E-state index is 15.9. The van der Waals surface area contributed by atoms with Crippen molar-refractivity contribution in [3.63, 3.8) is 0 Å². The number of nitriles is 1. The average Bonchev–Trinajstić information content (AvgIpc) is 3.72. The van der Waals surface area contributed by atoms with E-state index in [-0.39, 0.29) is 5.56 Å². The highest BCUT2D eigenvalue weighted by Gasteiger charge is 2.34. The summed E-state index contributed by atoms with van der Waals surface area (Å²) in [4.78, 5) is 14.1. The van der Waals surface area contributed by atoms with Gasteiger partial charge in [-0.15, -0.1) is 0 Å². The van der Waals surface area contributed by atoms with Crippen LogP contribution in [0.5, 0.6) is 0 Å². The fourth-order valence-corrected chi connectivity index (χ4v) is 6.48. The summed E-state index contributed by atoms with van der Waals surface area (Å²) in [5, 5.41) is 12.9. The molecular weight excluding hydrogens is 496 g/mol. The lowest BCUT2D eigenvalue weighted by Crippen LogP contribution is -2.46. The number of imidazole rings is 1. The largest absolute Gasteiger partial charge is 0.371 e. The summed E-state index contributed by atoms with van der Waals surface area (Å²) in [6, 6.07) is 13.9. The van der Waals surface area contributed by atoms with Gasteiger partial charge in [0.25, 0.3) is 0 Å². The van der Waals surface area contributed by atoms with Gasteiger partial charge in [0.05, 0.1) is 16.9 Å². The maximum atomic E-state index is 15.9. The van der Waals surface area contributed by atoms with Crippen molar-refractivity contribution in [3.05, 3.63) is 65.9 Å². The van der Waals surface area contributed by atoms with Gasteiger partial charge in [-0.05, 0) is 80.6 Å². The van der Waals surface area contributed by atoms with E-state index in [4.69, 9.17) is 4.98 Å². The molecule has 5 heterocycles. The number of anilines is 2. The molecule has 3 fully saturated rings. The molecule has 4 aromatic rings. The lowest BCUT2D eigenvalue weighted by Gasteiger charge is -2.36. The van der Waals surface area contributed by atoms with E-state index in [0.717, 1.165) is 63.4 Å². The van der Waals surface area contributed by atoms with Gasteiger partial charge in [-0.25, -0.2) is 18.7 Å². The van der Waals surface area contributed by atoms with Crippen molar-refractivity contribution in [1.29, 1.82) is 5.26 Å². The fraction of sp³-hybridized carbons (Fsp3) is 0.367. The Morgan fingerprint density at radius 3 is 2.59 bits per heavy atom. The molecule has 0 spiro atoms. The average molecular weight is 526 g/mol. The third kappa shape index (κ3) is 4.10. The molecule has 3 aliphatic rings. The van der Waals surface area contributed by atoms with E-state index in [1.165, 1.54) is 18.6 Å². The molecule has 7 rings (SSSR count). The zero-order valence-corrected chi connectivity index (χ0v) is 21.6. The highest BCUT2D eigenvalue weighted by atomic mass is 19.1. The van der Waals surface area contributed by atoms with Crippen molar-refractivity contribution in [2.75, 3.05) is 42.5 Å². The Balaban J connectivity index is 1.39. The molecule has 2 unspecified atom stereocenters.